The fourth-order valence-electron chi connectivity index (χ4n) is 1.97. The molecule has 0 aliphatic rings. The molecule has 1 aromatic carbocycles. The third kappa shape index (κ3) is 4.37. The van der Waals surface area contributed by atoms with E-state index in [2.05, 4.69) is 31.6 Å². The van der Waals surface area contributed by atoms with E-state index >= 15 is 0 Å². The Labute approximate surface area is 145 Å². The molecule has 116 valence electrons. The van der Waals surface area contributed by atoms with Crippen LogP contribution in [0.4, 0.5) is 0 Å². The maximum Gasteiger partial charge on any atom is 0.291 e. The first-order valence-electron chi connectivity index (χ1n) is 6.85. The maximum absolute atomic E-state index is 12.0. The molecular formula is C16H13BrN4OS. The van der Waals surface area contributed by atoms with E-state index in [1.807, 2.05) is 41.8 Å². The summed E-state index contributed by atoms with van der Waals surface area (Å²) in [5, 5.41) is 10.1. The summed E-state index contributed by atoms with van der Waals surface area (Å²) >= 11 is 4.99. The standard InChI is InChI=1S/C16H13BrN4OS/c17-13-4-1-3-12(9-13)11-21-7-6-15(20-21)16(22)19-18-10-14-5-2-8-23-14/h1-10H,11H2,(H,19,22)/b18-10-. The van der Waals surface area contributed by atoms with Crippen molar-refractivity contribution in [3.63, 3.8) is 0 Å². The summed E-state index contributed by atoms with van der Waals surface area (Å²) in [6, 6.07) is 13.5. The summed E-state index contributed by atoms with van der Waals surface area (Å²) in [7, 11) is 0. The van der Waals surface area contributed by atoms with Gasteiger partial charge in [0.1, 0.15) is 0 Å². The molecule has 2 aromatic heterocycles. The lowest BCUT2D eigenvalue weighted by atomic mass is 10.2. The van der Waals surface area contributed by atoms with Gasteiger partial charge in [0.15, 0.2) is 5.69 Å². The van der Waals surface area contributed by atoms with Crippen LogP contribution in [0.3, 0.4) is 0 Å². The predicted octanol–water partition coefficient (Wildman–Crippen LogP) is 3.52. The van der Waals surface area contributed by atoms with E-state index in [0.717, 1.165) is 14.9 Å². The van der Waals surface area contributed by atoms with Crippen LogP contribution in [0.2, 0.25) is 0 Å². The number of amides is 1. The number of carbonyl (C=O) groups excluding carboxylic acids is 1. The maximum atomic E-state index is 12.0. The molecule has 5 nitrogen and oxygen atoms in total. The molecule has 0 spiro atoms. The van der Waals surface area contributed by atoms with Crippen LogP contribution in [0.1, 0.15) is 20.9 Å². The number of thiophene rings is 1. The second kappa shape index (κ2) is 7.34. The van der Waals surface area contributed by atoms with E-state index in [-0.39, 0.29) is 5.91 Å². The number of nitrogens with zero attached hydrogens (tertiary/aromatic N) is 3. The van der Waals surface area contributed by atoms with E-state index in [0.29, 0.717) is 12.2 Å². The number of carbonyl (C=O) groups is 1. The third-order valence-electron chi connectivity index (χ3n) is 3.01. The number of rotatable bonds is 5. The van der Waals surface area contributed by atoms with Crippen LogP contribution in [-0.2, 0) is 6.54 Å². The van der Waals surface area contributed by atoms with E-state index in [1.165, 1.54) is 0 Å². The van der Waals surface area contributed by atoms with E-state index in [9.17, 15) is 4.79 Å². The van der Waals surface area contributed by atoms with Crippen molar-refractivity contribution in [3.8, 4) is 0 Å². The first-order chi connectivity index (χ1) is 11.2. The summed E-state index contributed by atoms with van der Waals surface area (Å²) in [5.74, 6) is -0.328. The molecule has 3 rings (SSSR count). The van der Waals surface area contributed by atoms with Crippen molar-refractivity contribution >= 4 is 39.4 Å². The number of hydrazone groups is 1. The van der Waals surface area contributed by atoms with Gasteiger partial charge in [-0.25, -0.2) is 5.43 Å². The quantitative estimate of drug-likeness (QED) is 0.536. The highest BCUT2D eigenvalue weighted by atomic mass is 79.9. The lowest BCUT2D eigenvalue weighted by Gasteiger charge is -2.02. The molecule has 1 N–H and O–H groups in total. The molecule has 0 aliphatic heterocycles. The Bertz CT molecular complexity index is 826. The number of halogens is 1. The Morgan fingerprint density at radius 3 is 3.04 bits per heavy atom. The van der Waals surface area contributed by atoms with Gasteiger partial charge in [0.05, 0.1) is 12.8 Å². The van der Waals surface area contributed by atoms with Gasteiger partial charge >= 0.3 is 0 Å². The average Bonchev–Trinajstić information content (AvgIpc) is 3.19. The molecule has 0 fully saturated rings. The molecule has 0 atom stereocenters. The fourth-order valence-corrected chi connectivity index (χ4v) is 3.00. The van der Waals surface area contributed by atoms with Crippen molar-refractivity contribution in [1.29, 1.82) is 0 Å². The normalized spacial score (nSPS) is 11.0. The van der Waals surface area contributed by atoms with Gasteiger partial charge in [-0.3, -0.25) is 9.48 Å². The van der Waals surface area contributed by atoms with Crippen molar-refractivity contribution in [2.24, 2.45) is 5.10 Å². The van der Waals surface area contributed by atoms with Crippen LogP contribution in [-0.4, -0.2) is 21.9 Å². The van der Waals surface area contributed by atoms with Crippen LogP contribution >= 0.6 is 27.3 Å². The number of benzene rings is 1. The number of nitrogens with one attached hydrogen (secondary N) is 1. The highest BCUT2D eigenvalue weighted by Crippen LogP contribution is 2.12. The largest absolute Gasteiger partial charge is 0.291 e. The zero-order valence-electron chi connectivity index (χ0n) is 12.0. The van der Waals surface area contributed by atoms with Gasteiger partial charge < -0.3 is 0 Å². The van der Waals surface area contributed by atoms with Crippen molar-refractivity contribution in [1.82, 2.24) is 15.2 Å². The zero-order valence-corrected chi connectivity index (χ0v) is 14.4. The molecule has 3 aromatic rings. The Morgan fingerprint density at radius 1 is 1.35 bits per heavy atom. The second-order valence-corrected chi connectivity index (χ2v) is 6.64. The second-order valence-electron chi connectivity index (χ2n) is 4.74. The Kier molecular flexibility index (Phi) is 4.99. The van der Waals surface area contributed by atoms with Gasteiger partial charge in [0.25, 0.3) is 5.91 Å². The Hall–Kier alpha value is -2.25. The van der Waals surface area contributed by atoms with E-state index in [1.54, 1.807) is 34.5 Å². The van der Waals surface area contributed by atoms with Gasteiger partial charge in [-0.15, -0.1) is 11.3 Å². The lowest BCUT2D eigenvalue weighted by Crippen LogP contribution is -2.18. The monoisotopic (exact) mass is 388 g/mol. The fraction of sp³-hybridized carbons (Fsp3) is 0.0625. The van der Waals surface area contributed by atoms with Crippen LogP contribution in [0.25, 0.3) is 0 Å². The molecule has 0 unspecified atom stereocenters. The molecule has 2 heterocycles. The molecule has 0 saturated heterocycles. The molecule has 7 heteroatoms. The first-order valence-corrected chi connectivity index (χ1v) is 8.53. The Balaban J connectivity index is 1.61. The van der Waals surface area contributed by atoms with E-state index in [4.69, 9.17) is 0 Å². The van der Waals surface area contributed by atoms with Crippen molar-refractivity contribution < 1.29 is 4.79 Å². The average molecular weight is 389 g/mol. The topological polar surface area (TPSA) is 59.3 Å². The van der Waals surface area contributed by atoms with Crippen LogP contribution in [0.15, 0.2) is 63.6 Å². The van der Waals surface area contributed by atoms with E-state index < -0.39 is 0 Å². The SMILES string of the molecule is O=C(N/N=C\c1cccs1)c1ccn(Cc2cccc(Br)c2)n1. The van der Waals surface area contributed by atoms with Crippen LogP contribution in [0, 0.1) is 0 Å². The first kappa shape index (κ1) is 15.6. The van der Waals surface area contributed by atoms with Crippen molar-refractivity contribution in [3.05, 3.63) is 74.6 Å². The van der Waals surface area contributed by atoms with Crippen molar-refractivity contribution in [2.75, 3.05) is 0 Å². The molecule has 1 amide bonds. The van der Waals surface area contributed by atoms with Crippen LogP contribution in [0.5, 0.6) is 0 Å². The molecule has 23 heavy (non-hydrogen) atoms. The number of hydrogen-bond donors (Lipinski definition) is 1. The molecule has 0 aliphatic carbocycles. The minimum Gasteiger partial charge on any atom is -0.268 e. The van der Waals surface area contributed by atoms with Gasteiger partial charge in [0, 0.05) is 15.5 Å². The highest BCUT2D eigenvalue weighted by molar-refractivity contribution is 9.10. The number of aromatic nitrogens is 2. The zero-order chi connectivity index (χ0) is 16.1. The third-order valence-corrected chi connectivity index (χ3v) is 4.31. The molecule has 0 radical (unpaired) electrons. The molecule has 0 bridgehead atoms. The smallest absolute Gasteiger partial charge is 0.268 e. The highest BCUT2D eigenvalue weighted by Gasteiger charge is 2.08. The number of hydrogen-bond acceptors (Lipinski definition) is 4. The predicted molar refractivity (Wildman–Crippen MR) is 94.9 cm³/mol. The summed E-state index contributed by atoms with van der Waals surface area (Å²) < 4.78 is 2.74. The summed E-state index contributed by atoms with van der Waals surface area (Å²) in [5.41, 5.74) is 3.92. The summed E-state index contributed by atoms with van der Waals surface area (Å²) in [4.78, 5) is 13.0. The van der Waals surface area contributed by atoms with Gasteiger partial charge in [-0.05, 0) is 35.2 Å². The van der Waals surface area contributed by atoms with Gasteiger partial charge in [-0.2, -0.15) is 10.2 Å². The minimum absolute atomic E-state index is 0.328. The minimum atomic E-state index is -0.328. The summed E-state index contributed by atoms with van der Waals surface area (Å²) in [6.07, 6.45) is 3.39. The summed E-state index contributed by atoms with van der Waals surface area (Å²) in [6.45, 7) is 0.602. The Morgan fingerprint density at radius 2 is 2.26 bits per heavy atom. The van der Waals surface area contributed by atoms with Gasteiger partial charge in [0.2, 0.25) is 0 Å². The molecule has 0 saturated carbocycles. The van der Waals surface area contributed by atoms with Crippen LogP contribution < -0.4 is 5.43 Å². The van der Waals surface area contributed by atoms with Gasteiger partial charge in [-0.1, -0.05) is 34.1 Å². The van der Waals surface area contributed by atoms with Crippen molar-refractivity contribution in [2.45, 2.75) is 6.54 Å². The lowest BCUT2D eigenvalue weighted by molar-refractivity contribution is 0.0949. The molecular weight excluding hydrogens is 376 g/mol.